The lowest BCUT2D eigenvalue weighted by Gasteiger charge is -2.19. The van der Waals surface area contributed by atoms with Crippen molar-refractivity contribution in [2.75, 3.05) is 12.4 Å². The van der Waals surface area contributed by atoms with E-state index in [0.717, 1.165) is 17.7 Å². The maximum Gasteiger partial charge on any atom is 0.137 e. The van der Waals surface area contributed by atoms with Crippen molar-refractivity contribution in [2.24, 2.45) is 0 Å². The second-order valence-corrected chi connectivity index (χ2v) is 4.92. The lowest BCUT2D eigenvalue weighted by molar-refractivity contribution is 0.415. The molecule has 1 N–H and O–H groups in total. The Bertz CT molecular complexity index is 588. The number of methoxy groups -OCH3 is 1. The minimum absolute atomic E-state index is 0.0372. The summed E-state index contributed by atoms with van der Waals surface area (Å²) in [5.74, 6) is 0.409. The van der Waals surface area contributed by atoms with E-state index in [1.807, 2.05) is 31.2 Å². The molecule has 4 heteroatoms. The van der Waals surface area contributed by atoms with Crippen LogP contribution < -0.4 is 10.1 Å². The summed E-state index contributed by atoms with van der Waals surface area (Å²) in [6, 6.07) is 12.2. The van der Waals surface area contributed by atoms with Crippen LogP contribution in [0.3, 0.4) is 0 Å². The SMILES string of the molecule is CCC(Nc1ccc(OC)c(Cl)c1)c1cccc(F)c1. The Morgan fingerprint density at radius 3 is 2.65 bits per heavy atom. The monoisotopic (exact) mass is 293 g/mol. The summed E-state index contributed by atoms with van der Waals surface area (Å²) in [5, 5.41) is 3.91. The minimum atomic E-state index is -0.226. The van der Waals surface area contributed by atoms with Crippen molar-refractivity contribution >= 4 is 17.3 Å². The standard InChI is InChI=1S/C16H17ClFNO/c1-3-15(11-5-4-6-12(18)9-11)19-13-7-8-16(20-2)14(17)10-13/h4-10,15,19H,3H2,1-2H3. The predicted molar refractivity (Wildman–Crippen MR) is 81.1 cm³/mol. The summed E-state index contributed by atoms with van der Waals surface area (Å²) in [6.07, 6.45) is 0.840. The third-order valence-corrected chi connectivity index (χ3v) is 3.45. The van der Waals surface area contributed by atoms with Crippen molar-refractivity contribution in [1.82, 2.24) is 0 Å². The van der Waals surface area contributed by atoms with Gasteiger partial charge >= 0.3 is 0 Å². The van der Waals surface area contributed by atoms with E-state index >= 15 is 0 Å². The highest BCUT2D eigenvalue weighted by molar-refractivity contribution is 6.32. The van der Waals surface area contributed by atoms with Gasteiger partial charge in [0.25, 0.3) is 0 Å². The van der Waals surface area contributed by atoms with Crippen molar-refractivity contribution in [3.8, 4) is 5.75 Å². The highest BCUT2D eigenvalue weighted by atomic mass is 35.5. The van der Waals surface area contributed by atoms with Crippen LogP contribution in [0, 0.1) is 5.82 Å². The van der Waals surface area contributed by atoms with Gasteiger partial charge in [0, 0.05) is 5.69 Å². The normalized spacial score (nSPS) is 12.0. The quantitative estimate of drug-likeness (QED) is 0.833. The Hall–Kier alpha value is -1.74. The van der Waals surface area contributed by atoms with Crippen LogP contribution in [-0.2, 0) is 0 Å². The molecule has 0 aromatic heterocycles. The maximum atomic E-state index is 13.3. The molecular weight excluding hydrogens is 277 g/mol. The van der Waals surface area contributed by atoms with Crippen LogP contribution in [0.2, 0.25) is 5.02 Å². The van der Waals surface area contributed by atoms with Crippen molar-refractivity contribution in [1.29, 1.82) is 0 Å². The molecule has 2 aromatic rings. The fourth-order valence-electron chi connectivity index (χ4n) is 2.10. The summed E-state index contributed by atoms with van der Waals surface area (Å²) in [7, 11) is 1.58. The molecule has 0 aliphatic carbocycles. The van der Waals surface area contributed by atoms with Gasteiger partial charge in [0.05, 0.1) is 18.2 Å². The fraction of sp³-hybridized carbons (Fsp3) is 0.250. The maximum absolute atomic E-state index is 13.3. The Morgan fingerprint density at radius 2 is 2.05 bits per heavy atom. The first-order chi connectivity index (χ1) is 9.63. The molecule has 1 unspecified atom stereocenters. The van der Waals surface area contributed by atoms with Gasteiger partial charge < -0.3 is 10.1 Å². The molecule has 0 fully saturated rings. The van der Waals surface area contributed by atoms with Crippen LogP contribution in [0.5, 0.6) is 5.75 Å². The molecule has 0 amide bonds. The van der Waals surface area contributed by atoms with Gasteiger partial charge in [-0.05, 0) is 42.3 Å². The first-order valence-corrected chi connectivity index (χ1v) is 6.87. The van der Waals surface area contributed by atoms with E-state index in [-0.39, 0.29) is 11.9 Å². The summed E-state index contributed by atoms with van der Waals surface area (Å²) in [4.78, 5) is 0. The first kappa shape index (κ1) is 14.7. The number of hydrogen-bond donors (Lipinski definition) is 1. The van der Waals surface area contributed by atoms with Gasteiger partial charge in [-0.2, -0.15) is 0 Å². The number of anilines is 1. The van der Waals surface area contributed by atoms with Crippen LogP contribution in [0.15, 0.2) is 42.5 Å². The van der Waals surface area contributed by atoms with E-state index in [1.54, 1.807) is 19.2 Å². The number of rotatable bonds is 5. The smallest absolute Gasteiger partial charge is 0.137 e. The second-order valence-electron chi connectivity index (χ2n) is 4.51. The van der Waals surface area contributed by atoms with Gasteiger partial charge in [-0.3, -0.25) is 0 Å². The molecule has 0 aliphatic rings. The average Bonchev–Trinajstić information content (AvgIpc) is 2.45. The first-order valence-electron chi connectivity index (χ1n) is 6.49. The molecule has 0 radical (unpaired) electrons. The number of benzene rings is 2. The van der Waals surface area contributed by atoms with Crippen molar-refractivity contribution in [2.45, 2.75) is 19.4 Å². The third-order valence-electron chi connectivity index (χ3n) is 3.15. The Balaban J connectivity index is 2.20. The van der Waals surface area contributed by atoms with Crippen molar-refractivity contribution in [3.63, 3.8) is 0 Å². The van der Waals surface area contributed by atoms with Crippen LogP contribution in [-0.4, -0.2) is 7.11 Å². The Morgan fingerprint density at radius 1 is 1.25 bits per heavy atom. The van der Waals surface area contributed by atoms with Crippen molar-refractivity contribution in [3.05, 3.63) is 58.9 Å². The molecule has 0 saturated carbocycles. The van der Waals surface area contributed by atoms with Crippen molar-refractivity contribution < 1.29 is 9.13 Å². The molecule has 0 bridgehead atoms. The average molecular weight is 294 g/mol. The summed E-state index contributed by atoms with van der Waals surface area (Å²) >= 11 is 6.10. The summed E-state index contributed by atoms with van der Waals surface area (Å²) < 4.78 is 18.4. The van der Waals surface area contributed by atoms with Crippen LogP contribution in [0.1, 0.15) is 24.9 Å². The van der Waals surface area contributed by atoms with E-state index in [1.165, 1.54) is 6.07 Å². The number of halogens is 2. The Kier molecular flexibility index (Phi) is 4.85. The number of hydrogen-bond acceptors (Lipinski definition) is 2. The summed E-state index contributed by atoms with van der Waals surface area (Å²) in [5.41, 5.74) is 1.80. The van der Waals surface area contributed by atoms with Gasteiger partial charge in [-0.25, -0.2) is 4.39 Å². The van der Waals surface area contributed by atoms with E-state index in [4.69, 9.17) is 16.3 Å². The third kappa shape index (κ3) is 3.42. The van der Waals surface area contributed by atoms with Gasteiger partial charge in [-0.15, -0.1) is 0 Å². The minimum Gasteiger partial charge on any atom is -0.495 e. The highest BCUT2D eigenvalue weighted by Crippen LogP contribution is 2.30. The molecule has 1 atom stereocenters. The van der Waals surface area contributed by atoms with E-state index in [0.29, 0.717) is 10.8 Å². The molecule has 0 aliphatic heterocycles. The van der Waals surface area contributed by atoms with Gasteiger partial charge in [0.2, 0.25) is 0 Å². The molecule has 0 heterocycles. The number of nitrogens with one attached hydrogen (secondary N) is 1. The van der Waals surface area contributed by atoms with Gasteiger partial charge in [0.15, 0.2) is 0 Å². The molecule has 0 saturated heterocycles. The molecule has 2 aromatic carbocycles. The van der Waals surface area contributed by atoms with Crippen LogP contribution in [0.4, 0.5) is 10.1 Å². The zero-order chi connectivity index (χ0) is 14.5. The molecule has 2 nitrogen and oxygen atoms in total. The predicted octanol–water partition coefficient (Wildman–Crippen LogP) is 5.05. The Labute approximate surface area is 123 Å². The van der Waals surface area contributed by atoms with Crippen LogP contribution >= 0.6 is 11.6 Å². The zero-order valence-corrected chi connectivity index (χ0v) is 12.2. The molecular formula is C16H17ClFNO. The highest BCUT2D eigenvalue weighted by Gasteiger charge is 2.11. The lowest BCUT2D eigenvalue weighted by atomic mass is 10.0. The zero-order valence-electron chi connectivity index (χ0n) is 11.5. The second kappa shape index (κ2) is 6.62. The molecule has 0 spiro atoms. The fourth-order valence-corrected chi connectivity index (χ4v) is 2.36. The molecule has 106 valence electrons. The van der Waals surface area contributed by atoms with Crippen LogP contribution in [0.25, 0.3) is 0 Å². The van der Waals surface area contributed by atoms with Gasteiger partial charge in [-0.1, -0.05) is 30.7 Å². The topological polar surface area (TPSA) is 21.3 Å². The van der Waals surface area contributed by atoms with Gasteiger partial charge in [0.1, 0.15) is 11.6 Å². The molecule has 2 rings (SSSR count). The van der Waals surface area contributed by atoms with E-state index < -0.39 is 0 Å². The van der Waals surface area contributed by atoms with E-state index in [9.17, 15) is 4.39 Å². The molecule has 20 heavy (non-hydrogen) atoms. The summed E-state index contributed by atoms with van der Waals surface area (Å²) in [6.45, 7) is 2.05. The lowest BCUT2D eigenvalue weighted by Crippen LogP contribution is -2.09. The largest absolute Gasteiger partial charge is 0.495 e. The van der Waals surface area contributed by atoms with E-state index in [2.05, 4.69) is 5.32 Å². The number of ether oxygens (including phenoxy) is 1.